The molecule has 9 atom stereocenters. The summed E-state index contributed by atoms with van der Waals surface area (Å²) in [6, 6.07) is 1.80. The Kier molecular flexibility index (Phi) is 7.12. The number of fused-ring (bicyclic) bond motifs is 6. The van der Waals surface area contributed by atoms with Crippen molar-refractivity contribution < 1.29 is 42.9 Å². The van der Waals surface area contributed by atoms with E-state index in [4.69, 9.17) is 18.6 Å². The predicted octanol–water partition coefficient (Wildman–Crippen LogP) is 4.70. The molecule has 0 aromatic carbocycles. The van der Waals surface area contributed by atoms with Crippen LogP contribution in [0.3, 0.4) is 0 Å². The number of aliphatic hydroxyl groups is 1. The first-order valence-electron chi connectivity index (χ1n) is 14.3. The molecule has 2 bridgehead atoms. The summed E-state index contributed by atoms with van der Waals surface area (Å²) in [4.78, 5) is 54.2. The topological polar surface area (TPSA) is 129 Å². The van der Waals surface area contributed by atoms with E-state index in [0.29, 0.717) is 18.6 Å². The summed E-state index contributed by atoms with van der Waals surface area (Å²) in [6.45, 7) is 10.9. The Morgan fingerprint density at radius 3 is 2.49 bits per heavy atom. The maximum absolute atomic E-state index is 14.5. The quantitative estimate of drug-likeness (QED) is 0.232. The van der Waals surface area contributed by atoms with Crippen LogP contribution in [-0.2, 0) is 33.4 Å². The first kappa shape index (κ1) is 29.3. The Labute approximate surface area is 240 Å². The van der Waals surface area contributed by atoms with Crippen molar-refractivity contribution in [3.8, 4) is 0 Å². The van der Waals surface area contributed by atoms with Crippen LogP contribution in [0.25, 0.3) is 0 Å². The van der Waals surface area contributed by atoms with Gasteiger partial charge in [0, 0.05) is 22.3 Å². The zero-order valence-corrected chi connectivity index (χ0v) is 24.8. The average Bonchev–Trinajstić information content (AvgIpc) is 3.44. The number of rotatable bonds is 5. The van der Waals surface area contributed by atoms with Crippen LogP contribution < -0.4 is 0 Å². The number of esters is 3. The Hall–Kier alpha value is -3.20. The molecule has 1 aromatic rings. The lowest BCUT2D eigenvalue weighted by Gasteiger charge is -2.64. The van der Waals surface area contributed by atoms with Gasteiger partial charge in [-0.3, -0.25) is 14.4 Å². The molecule has 3 fully saturated rings. The fourth-order valence-electron chi connectivity index (χ4n) is 8.90. The minimum atomic E-state index is -1.65. The molecule has 1 aromatic heterocycles. The van der Waals surface area contributed by atoms with E-state index in [0.717, 1.165) is 11.1 Å². The number of carbonyl (C=O) groups is 4. The summed E-state index contributed by atoms with van der Waals surface area (Å²) < 4.78 is 21.8. The minimum absolute atomic E-state index is 0.130. The van der Waals surface area contributed by atoms with Crippen molar-refractivity contribution in [3.05, 3.63) is 47.6 Å². The number of hydrogen-bond donors (Lipinski definition) is 1. The SMILES string of the molecule is C/C=C(\C)OC(=O)[C@@H]1[C@@H]2C=C3[C@@H]4CC(=O)O[C@@H](c5ccoc5)[C@]4(C)CC[C@@H]3[C@@](C)(C2=O)[C@@H]([C@@H](O)C(=O)OC)C1(C)C. The third-order valence-electron chi connectivity index (χ3n) is 10.9. The highest BCUT2D eigenvalue weighted by Gasteiger charge is 2.71. The van der Waals surface area contributed by atoms with Gasteiger partial charge < -0.3 is 23.7 Å². The summed E-state index contributed by atoms with van der Waals surface area (Å²) in [6.07, 6.45) is 5.87. The standard InChI is InChI=1S/C32H40O9/c1-8-16(2)40-28(36)23-19-13-18-20(32(6,26(19)35)25(30(23,3)4)24(34)29(37)38-7)9-11-31(5)21(18)14-22(33)41-27(31)17-10-12-39-15-17/h8,10,12-13,15,19-21,23-25,27,34H,9,11,14H2,1-7H3/b16-8+/t19-,20-,21-,23-,24+,25-,27-,31+,32+/m0/s1. The number of cyclic esters (lactones) is 1. The molecule has 4 aliphatic rings. The van der Waals surface area contributed by atoms with Gasteiger partial charge in [0.05, 0.1) is 37.9 Å². The molecule has 2 saturated carbocycles. The number of Topliss-reactive ketones (excluding diaryl/α,β-unsaturated/α-hetero) is 1. The molecular weight excluding hydrogens is 528 g/mol. The van der Waals surface area contributed by atoms with E-state index >= 15 is 0 Å². The number of hydrogen-bond acceptors (Lipinski definition) is 9. The maximum Gasteiger partial charge on any atom is 0.335 e. The van der Waals surface area contributed by atoms with Crippen molar-refractivity contribution in [2.75, 3.05) is 7.11 Å². The van der Waals surface area contributed by atoms with Gasteiger partial charge in [-0.05, 0) is 56.1 Å². The van der Waals surface area contributed by atoms with Gasteiger partial charge in [0.1, 0.15) is 17.6 Å². The van der Waals surface area contributed by atoms with Crippen LogP contribution in [0, 0.1) is 45.8 Å². The molecule has 1 N–H and O–H groups in total. The Morgan fingerprint density at radius 1 is 1.17 bits per heavy atom. The smallest absolute Gasteiger partial charge is 0.335 e. The van der Waals surface area contributed by atoms with Crippen LogP contribution in [0.15, 0.2) is 46.5 Å². The van der Waals surface area contributed by atoms with Crippen molar-refractivity contribution in [2.24, 2.45) is 45.8 Å². The van der Waals surface area contributed by atoms with E-state index in [1.54, 1.807) is 38.5 Å². The van der Waals surface area contributed by atoms with E-state index in [9.17, 15) is 24.3 Å². The van der Waals surface area contributed by atoms with E-state index in [1.807, 2.05) is 26.8 Å². The number of aliphatic hydroxyl groups excluding tert-OH is 1. The summed E-state index contributed by atoms with van der Waals surface area (Å²) in [5, 5.41) is 11.5. The Morgan fingerprint density at radius 2 is 1.88 bits per heavy atom. The zero-order chi connectivity index (χ0) is 30.1. The molecular formula is C32H40O9. The fraction of sp³-hybridized carbons (Fsp3) is 0.625. The van der Waals surface area contributed by atoms with Gasteiger partial charge in [-0.25, -0.2) is 4.79 Å². The molecule has 9 heteroatoms. The summed E-state index contributed by atoms with van der Waals surface area (Å²) in [5.41, 5.74) is -1.04. The molecule has 5 rings (SSSR count). The van der Waals surface area contributed by atoms with E-state index in [2.05, 4.69) is 6.92 Å². The van der Waals surface area contributed by atoms with Crippen LogP contribution in [0.1, 0.15) is 72.5 Å². The van der Waals surface area contributed by atoms with Gasteiger partial charge in [-0.1, -0.05) is 39.3 Å². The lowest BCUT2D eigenvalue weighted by atomic mass is 9.38. The van der Waals surface area contributed by atoms with Crippen LogP contribution in [-0.4, -0.2) is 42.0 Å². The van der Waals surface area contributed by atoms with Crippen molar-refractivity contribution in [1.82, 2.24) is 0 Å². The van der Waals surface area contributed by atoms with Crippen molar-refractivity contribution in [2.45, 2.75) is 73.0 Å². The molecule has 222 valence electrons. The lowest BCUT2D eigenvalue weighted by molar-refractivity contribution is -0.200. The summed E-state index contributed by atoms with van der Waals surface area (Å²) in [7, 11) is 1.19. The van der Waals surface area contributed by atoms with E-state index in [1.165, 1.54) is 7.11 Å². The summed E-state index contributed by atoms with van der Waals surface area (Å²) in [5.74, 6) is -5.02. The number of carbonyl (C=O) groups excluding carboxylic acids is 4. The van der Waals surface area contributed by atoms with E-state index in [-0.39, 0.29) is 30.0 Å². The highest BCUT2D eigenvalue weighted by molar-refractivity contribution is 5.97. The molecule has 9 nitrogen and oxygen atoms in total. The van der Waals surface area contributed by atoms with Gasteiger partial charge in [-0.15, -0.1) is 0 Å². The molecule has 0 unspecified atom stereocenters. The second-order valence-corrected chi connectivity index (χ2v) is 13.2. The summed E-state index contributed by atoms with van der Waals surface area (Å²) >= 11 is 0. The van der Waals surface area contributed by atoms with E-state index < -0.39 is 58.1 Å². The molecule has 1 aliphatic heterocycles. The maximum atomic E-state index is 14.5. The average molecular weight is 569 g/mol. The molecule has 3 aliphatic carbocycles. The van der Waals surface area contributed by atoms with Crippen molar-refractivity contribution in [3.63, 3.8) is 0 Å². The third-order valence-corrected chi connectivity index (χ3v) is 10.9. The van der Waals surface area contributed by atoms with Gasteiger partial charge in [0.15, 0.2) is 6.10 Å². The molecule has 2 heterocycles. The largest absolute Gasteiger partial charge is 0.472 e. The normalized spacial score (nSPS) is 38.5. The zero-order valence-electron chi connectivity index (χ0n) is 24.8. The molecule has 1 saturated heterocycles. The second kappa shape index (κ2) is 9.96. The van der Waals surface area contributed by atoms with Gasteiger partial charge in [0.2, 0.25) is 0 Å². The fourth-order valence-corrected chi connectivity index (χ4v) is 8.90. The number of allylic oxidation sites excluding steroid dienone is 4. The van der Waals surface area contributed by atoms with Crippen LogP contribution in [0.5, 0.6) is 0 Å². The molecule has 41 heavy (non-hydrogen) atoms. The van der Waals surface area contributed by atoms with Gasteiger partial charge in [-0.2, -0.15) is 0 Å². The lowest BCUT2D eigenvalue weighted by Crippen LogP contribution is -2.68. The third kappa shape index (κ3) is 4.14. The predicted molar refractivity (Wildman–Crippen MR) is 145 cm³/mol. The van der Waals surface area contributed by atoms with Gasteiger partial charge in [0.25, 0.3) is 0 Å². The highest BCUT2D eigenvalue weighted by Crippen LogP contribution is 2.69. The Balaban J connectivity index is 1.70. The monoisotopic (exact) mass is 568 g/mol. The van der Waals surface area contributed by atoms with Crippen molar-refractivity contribution in [1.29, 1.82) is 0 Å². The number of ether oxygens (including phenoxy) is 3. The number of ketones is 1. The van der Waals surface area contributed by atoms with Crippen molar-refractivity contribution >= 4 is 23.7 Å². The highest BCUT2D eigenvalue weighted by atomic mass is 16.6. The first-order chi connectivity index (χ1) is 19.2. The minimum Gasteiger partial charge on any atom is -0.472 e. The molecule has 0 spiro atoms. The number of methoxy groups -OCH3 is 1. The van der Waals surface area contributed by atoms with Crippen LogP contribution in [0.2, 0.25) is 0 Å². The number of furan rings is 1. The first-order valence-corrected chi connectivity index (χ1v) is 14.3. The van der Waals surface area contributed by atoms with Crippen LogP contribution >= 0.6 is 0 Å². The Bertz CT molecular complexity index is 1320. The molecule has 0 amide bonds. The van der Waals surface area contributed by atoms with Gasteiger partial charge >= 0.3 is 17.9 Å². The second-order valence-electron chi connectivity index (χ2n) is 13.2. The van der Waals surface area contributed by atoms with Crippen LogP contribution in [0.4, 0.5) is 0 Å². The molecule has 0 radical (unpaired) electrons.